The van der Waals surface area contributed by atoms with Crippen LogP contribution in [0.3, 0.4) is 0 Å². The number of rotatable bonds is 2. The highest BCUT2D eigenvalue weighted by atomic mass is 32.2. The molecule has 64 valence electrons. The molecule has 0 saturated heterocycles. The van der Waals surface area contributed by atoms with Crippen molar-refractivity contribution in [2.75, 3.05) is 5.73 Å². The van der Waals surface area contributed by atoms with E-state index in [-0.39, 0.29) is 5.03 Å². The van der Waals surface area contributed by atoms with E-state index >= 15 is 0 Å². The van der Waals surface area contributed by atoms with Crippen LogP contribution in [-0.4, -0.2) is 13.4 Å². The van der Waals surface area contributed by atoms with Crippen molar-refractivity contribution < 1.29 is 8.42 Å². The molecule has 0 radical (unpaired) electrons. The predicted octanol–water partition coefficient (Wildman–Crippen LogP) is 0.581. The van der Waals surface area contributed by atoms with Gasteiger partial charge in [-0.2, -0.15) is 0 Å². The molecule has 0 amide bonds. The van der Waals surface area contributed by atoms with Crippen LogP contribution in [0.15, 0.2) is 35.3 Å². The molecular weight excluding hydrogens is 176 g/mol. The largest absolute Gasteiger partial charge is 0.397 e. The minimum Gasteiger partial charge on any atom is -0.397 e. The third kappa shape index (κ3) is 1.62. The molecule has 0 aliphatic rings. The van der Waals surface area contributed by atoms with Gasteiger partial charge in [0, 0.05) is 5.41 Å². The molecular formula is C7H8N2O2S. The number of hydrogen-bond donors (Lipinski definition) is 1. The maximum absolute atomic E-state index is 11.1. The van der Waals surface area contributed by atoms with E-state index in [1.54, 1.807) is 0 Å². The molecule has 1 rings (SSSR count). The van der Waals surface area contributed by atoms with Gasteiger partial charge in [0.1, 0.15) is 0 Å². The van der Waals surface area contributed by atoms with Crippen molar-refractivity contribution in [1.82, 2.24) is 4.98 Å². The number of aromatic nitrogens is 1. The van der Waals surface area contributed by atoms with Crippen LogP contribution >= 0.6 is 0 Å². The minimum absolute atomic E-state index is 0.0355. The average Bonchev–Trinajstić information content (AvgIpc) is 2.05. The quantitative estimate of drug-likeness (QED) is 0.729. The molecule has 0 aliphatic heterocycles. The molecule has 0 fully saturated rings. The van der Waals surface area contributed by atoms with Crippen molar-refractivity contribution in [3.05, 3.63) is 30.3 Å². The summed E-state index contributed by atoms with van der Waals surface area (Å²) in [5.41, 5.74) is 5.76. The highest BCUT2D eigenvalue weighted by Gasteiger charge is 2.09. The Hall–Kier alpha value is -1.36. The Balaban J connectivity index is 3.23. The lowest BCUT2D eigenvalue weighted by molar-refractivity contribution is 0.601. The maximum atomic E-state index is 11.1. The van der Waals surface area contributed by atoms with Crippen LogP contribution in [0.4, 0.5) is 5.69 Å². The van der Waals surface area contributed by atoms with Crippen molar-refractivity contribution in [1.29, 1.82) is 0 Å². The van der Waals surface area contributed by atoms with Crippen LogP contribution < -0.4 is 5.73 Å². The second-order valence-electron chi connectivity index (χ2n) is 2.14. The molecule has 0 atom stereocenters. The van der Waals surface area contributed by atoms with Crippen LogP contribution in [0.5, 0.6) is 0 Å². The summed E-state index contributed by atoms with van der Waals surface area (Å²) in [6.45, 7) is 3.17. The lowest BCUT2D eigenvalue weighted by atomic mass is 10.4. The van der Waals surface area contributed by atoms with Crippen LogP contribution in [-0.2, 0) is 9.84 Å². The molecule has 0 bridgehead atoms. The van der Waals surface area contributed by atoms with E-state index in [0.29, 0.717) is 5.69 Å². The summed E-state index contributed by atoms with van der Waals surface area (Å²) in [6.07, 6.45) is 1.29. The number of nitrogens with two attached hydrogens (primary N) is 1. The lowest BCUT2D eigenvalue weighted by Crippen LogP contribution is -1.99. The first-order chi connectivity index (χ1) is 5.56. The van der Waals surface area contributed by atoms with Crippen LogP contribution in [0, 0.1) is 0 Å². The lowest BCUT2D eigenvalue weighted by Gasteiger charge is -1.96. The van der Waals surface area contributed by atoms with E-state index in [9.17, 15) is 8.42 Å². The summed E-state index contributed by atoms with van der Waals surface area (Å²) in [5, 5.41) is 0.817. The van der Waals surface area contributed by atoms with E-state index in [0.717, 1.165) is 5.41 Å². The third-order valence-corrected chi connectivity index (χ3v) is 2.53. The Morgan fingerprint density at radius 3 is 2.58 bits per heavy atom. The molecule has 12 heavy (non-hydrogen) atoms. The summed E-state index contributed by atoms with van der Waals surface area (Å²) in [7, 11) is -3.42. The molecule has 1 aromatic rings. The standard InChI is InChI=1S/C7H8N2O2S/c1-2-12(10,11)7-4-3-6(8)5-9-7/h2-5H,1,8H2. The highest BCUT2D eigenvalue weighted by Crippen LogP contribution is 2.09. The van der Waals surface area contributed by atoms with E-state index in [4.69, 9.17) is 5.73 Å². The normalized spacial score (nSPS) is 11.0. The number of pyridine rings is 1. The third-order valence-electron chi connectivity index (χ3n) is 1.27. The van der Waals surface area contributed by atoms with Gasteiger partial charge in [-0.25, -0.2) is 13.4 Å². The first-order valence-electron chi connectivity index (χ1n) is 3.15. The molecule has 5 heteroatoms. The first kappa shape index (κ1) is 8.73. The van der Waals surface area contributed by atoms with Gasteiger partial charge in [-0.15, -0.1) is 0 Å². The Kier molecular flexibility index (Phi) is 2.14. The summed E-state index contributed by atoms with van der Waals surface area (Å²) >= 11 is 0. The summed E-state index contributed by atoms with van der Waals surface area (Å²) in [4.78, 5) is 3.64. The highest BCUT2D eigenvalue weighted by molar-refractivity contribution is 7.94. The number of hydrogen-bond acceptors (Lipinski definition) is 4. The van der Waals surface area contributed by atoms with Gasteiger partial charge in [0.25, 0.3) is 0 Å². The monoisotopic (exact) mass is 184 g/mol. The molecule has 0 unspecified atom stereocenters. The van der Waals surface area contributed by atoms with Crippen LogP contribution in [0.1, 0.15) is 0 Å². The fourth-order valence-corrected chi connectivity index (χ4v) is 1.27. The SMILES string of the molecule is C=CS(=O)(=O)c1ccc(N)cn1. The average molecular weight is 184 g/mol. The second-order valence-corrected chi connectivity index (χ2v) is 3.98. The van der Waals surface area contributed by atoms with Crippen LogP contribution in [0.25, 0.3) is 0 Å². The van der Waals surface area contributed by atoms with Gasteiger partial charge in [-0.1, -0.05) is 6.58 Å². The van der Waals surface area contributed by atoms with E-state index in [2.05, 4.69) is 11.6 Å². The minimum atomic E-state index is -3.42. The molecule has 2 N–H and O–H groups in total. The van der Waals surface area contributed by atoms with Crippen molar-refractivity contribution in [2.45, 2.75) is 5.03 Å². The number of nitrogen functional groups attached to an aromatic ring is 1. The zero-order valence-corrected chi connectivity index (χ0v) is 7.08. The van der Waals surface area contributed by atoms with Gasteiger partial charge >= 0.3 is 0 Å². The van der Waals surface area contributed by atoms with Crippen molar-refractivity contribution in [2.24, 2.45) is 0 Å². The van der Waals surface area contributed by atoms with Crippen molar-refractivity contribution in [3.63, 3.8) is 0 Å². The summed E-state index contributed by atoms with van der Waals surface area (Å²) in [5.74, 6) is 0. The molecule has 4 nitrogen and oxygen atoms in total. The van der Waals surface area contributed by atoms with Gasteiger partial charge in [-0.3, -0.25) is 0 Å². The number of nitrogens with zero attached hydrogens (tertiary/aromatic N) is 1. The summed E-state index contributed by atoms with van der Waals surface area (Å²) in [6, 6.07) is 2.82. The fraction of sp³-hybridized carbons (Fsp3) is 0. The molecule has 1 aromatic heterocycles. The Morgan fingerprint density at radius 2 is 2.17 bits per heavy atom. The van der Waals surface area contributed by atoms with Gasteiger partial charge in [0.2, 0.25) is 9.84 Å². The smallest absolute Gasteiger partial charge is 0.216 e. The van der Waals surface area contributed by atoms with Crippen molar-refractivity contribution >= 4 is 15.5 Å². The van der Waals surface area contributed by atoms with Gasteiger partial charge in [-0.05, 0) is 12.1 Å². The fourth-order valence-electron chi connectivity index (χ4n) is 0.645. The second kappa shape index (κ2) is 2.94. The Morgan fingerprint density at radius 1 is 1.50 bits per heavy atom. The van der Waals surface area contributed by atoms with Crippen molar-refractivity contribution in [3.8, 4) is 0 Å². The summed E-state index contributed by atoms with van der Waals surface area (Å²) < 4.78 is 22.2. The zero-order chi connectivity index (χ0) is 9.19. The van der Waals surface area contributed by atoms with E-state index in [1.165, 1.54) is 18.3 Å². The molecule has 0 spiro atoms. The van der Waals surface area contributed by atoms with Gasteiger partial charge in [0.15, 0.2) is 5.03 Å². The molecule has 0 aliphatic carbocycles. The Labute approximate surface area is 70.7 Å². The topological polar surface area (TPSA) is 73.0 Å². The number of anilines is 1. The molecule has 0 aromatic carbocycles. The van der Waals surface area contributed by atoms with Crippen LogP contribution in [0.2, 0.25) is 0 Å². The van der Waals surface area contributed by atoms with E-state index in [1.807, 2.05) is 0 Å². The Bertz CT molecular complexity index is 380. The molecule has 0 saturated carbocycles. The molecule has 1 heterocycles. The predicted molar refractivity (Wildman–Crippen MR) is 46.0 cm³/mol. The maximum Gasteiger partial charge on any atom is 0.216 e. The van der Waals surface area contributed by atoms with Gasteiger partial charge in [0.05, 0.1) is 11.9 Å². The zero-order valence-electron chi connectivity index (χ0n) is 6.27. The number of sulfone groups is 1. The van der Waals surface area contributed by atoms with Gasteiger partial charge < -0.3 is 5.73 Å². The van der Waals surface area contributed by atoms with E-state index < -0.39 is 9.84 Å². The first-order valence-corrected chi connectivity index (χ1v) is 4.70.